The number of hydrogen-bond donors (Lipinski definition) is 1. The lowest BCUT2D eigenvalue weighted by Gasteiger charge is -2.26. The zero-order chi connectivity index (χ0) is 17.4. The van der Waals surface area contributed by atoms with Crippen molar-refractivity contribution >= 4 is 34.4 Å². The number of pyridine rings is 2. The number of carbonyl (C=O) groups is 1. The maximum Gasteiger partial charge on any atom is 0.255 e. The standard InChI is InChI=1S/C18H18ClN5O/c19-15-9-14(11-21-16(15)20)24-7-4-12-8-13(10-22-17(12)24)18(25)23-5-2-1-3-6-23/h4,7-11H,1-3,5-6H2,(H2,20,21). The van der Waals surface area contributed by atoms with E-state index in [1.54, 1.807) is 18.5 Å². The van der Waals surface area contributed by atoms with Gasteiger partial charge in [-0.05, 0) is 37.5 Å². The lowest BCUT2D eigenvalue weighted by molar-refractivity contribution is 0.0724. The molecule has 128 valence electrons. The maximum atomic E-state index is 12.6. The van der Waals surface area contributed by atoms with Crippen molar-refractivity contribution < 1.29 is 4.79 Å². The third-order valence-electron chi connectivity index (χ3n) is 4.55. The Labute approximate surface area is 150 Å². The van der Waals surface area contributed by atoms with E-state index in [9.17, 15) is 4.79 Å². The first-order valence-corrected chi connectivity index (χ1v) is 8.69. The van der Waals surface area contributed by atoms with Crippen LogP contribution in [-0.4, -0.2) is 38.4 Å². The average Bonchev–Trinajstić information content (AvgIpc) is 3.07. The predicted octanol–water partition coefficient (Wildman–Crippen LogP) is 3.28. The van der Waals surface area contributed by atoms with Crippen LogP contribution in [0.25, 0.3) is 16.7 Å². The van der Waals surface area contributed by atoms with Gasteiger partial charge in [-0.25, -0.2) is 9.97 Å². The van der Waals surface area contributed by atoms with Gasteiger partial charge >= 0.3 is 0 Å². The van der Waals surface area contributed by atoms with Gasteiger partial charge in [0.1, 0.15) is 11.5 Å². The molecule has 0 bridgehead atoms. The molecule has 1 aliphatic rings. The molecular weight excluding hydrogens is 338 g/mol. The first-order chi connectivity index (χ1) is 12.1. The van der Waals surface area contributed by atoms with Gasteiger partial charge in [-0.15, -0.1) is 0 Å². The van der Waals surface area contributed by atoms with E-state index in [0.29, 0.717) is 16.4 Å². The SMILES string of the molecule is Nc1ncc(-n2ccc3cc(C(=O)N4CCCCC4)cnc32)cc1Cl. The quantitative estimate of drug-likeness (QED) is 0.765. The lowest BCUT2D eigenvalue weighted by Crippen LogP contribution is -2.35. The van der Waals surface area contributed by atoms with E-state index in [1.165, 1.54) is 6.42 Å². The smallest absolute Gasteiger partial charge is 0.255 e. The number of hydrogen-bond acceptors (Lipinski definition) is 4. The molecule has 3 aromatic rings. The minimum Gasteiger partial charge on any atom is -0.382 e. The summed E-state index contributed by atoms with van der Waals surface area (Å²) < 4.78 is 1.88. The minimum atomic E-state index is 0.0547. The summed E-state index contributed by atoms with van der Waals surface area (Å²) in [5.74, 6) is 0.350. The summed E-state index contributed by atoms with van der Waals surface area (Å²) in [5, 5.41) is 1.30. The Hall–Kier alpha value is -2.60. The molecule has 0 spiro atoms. The number of anilines is 1. The second-order valence-electron chi connectivity index (χ2n) is 6.24. The molecule has 2 N–H and O–H groups in total. The number of nitrogens with two attached hydrogens (primary N) is 1. The molecule has 1 fully saturated rings. The zero-order valence-corrected chi connectivity index (χ0v) is 14.4. The van der Waals surface area contributed by atoms with Crippen molar-refractivity contribution in [1.82, 2.24) is 19.4 Å². The monoisotopic (exact) mass is 355 g/mol. The van der Waals surface area contributed by atoms with Crippen LogP contribution < -0.4 is 5.73 Å². The van der Waals surface area contributed by atoms with E-state index < -0.39 is 0 Å². The van der Waals surface area contributed by atoms with Gasteiger partial charge in [-0.1, -0.05) is 11.6 Å². The Morgan fingerprint density at radius 2 is 1.92 bits per heavy atom. The van der Waals surface area contributed by atoms with Crippen molar-refractivity contribution in [2.75, 3.05) is 18.8 Å². The highest BCUT2D eigenvalue weighted by atomic mass is 35.5. The van der Waals surface area contributed by atoms with Crippen molar-refractivity contribution in [3.8, 4) is 5.69 Å². The van der Waals surface area contributed by atoms with E-state index in [4.69, 9.17) is 17.3 Å². The number of rotatable bonds is 2. The van der Waals surface area contributed by atoms with E-state index in [1.807, 2.05) is 27.8 Å². The van der Waals surface area contributed by atoms with Crippen molar-refractivity contribution in [2.24, 2.45) is 0 Å². The van der Waals surface area contributed by atoms with Crippen LogP contribution in [0.5, 0.6) is 0 Å². The Balaban J connectivity index is 1.69. The van der Waals surface area contributed by atoms with Gasteiger partial charge in [0, 0.05) is 30.9 Å². The Morgan fingerprint density at radius 3 is 2.68 bits per heavy atom. The molecule has 0 aliphatic carbocycles. The summed E-state index contributed by atoms with van der Waals surface area (Å²) in [6.07, 6.45) is 8.51. The third kappa shape index (κ3) is 2.93. The molecule has 4 heterocycles. The summed E-state index contributed by atoms with van der Waals surface area (Å²) >= 11 is 6.06. The number of piperidine rings is 1. The molecular formula is C18H18ClN5O. The Morgan fingerprint density at radius 1 is 1.12 bits per heavy atom. The largest absolute Gasteiger partial charge is 0.382 e. The number of fused-ring (bicyclic) bond motifs is 1. The van der Waals surface area contributed by atoms with Gasteiger partial charge in [0.25, 0.3) is 5.91 Å². The van der Waals surface area contributed by atoms with Crippen LogP contribution in [0.1, 0.15) is 29.6 Å². The highest BCUT2D eigenvalue weighted by Crippen LogP contribution is 2.24. The first-order valence-electron chi connectivity index (χ1n) is 8.31. The fourth-order valence-corrected chi connectivity index (χ4v) is 3.36. The van der Waals surface area contributed by atoms with Gasteiger partial charge in [-0.2, -0.15) is 0 Å². The molecule has 25 heavy (non-hydrogen) atoms. The fraction of sp³-hybridized carbons (Fsp3) is 0.278. The van der Waals surface area contributed by atoms with Gasteiger partial charge < -0.3 is 10.6 Å². The van der Waals surface area contributed by atoms with Crippen molar-refractivity contribution in [1.29, 1.82) is 0 Å². The lowest BCUT2D eigenvalue weighted by atomic mass is 10.1. The number of nitrogens with zero attached hydrogens (tertiary/aromatic N) is 4. The molecule has 0 radical (unpaired) electrons. The number of nitrogen functional groups attached to an aromatic ring is 1. The van der Waals surface area contributed by atoms with E-state index in [0.717, 1.165) is 42.7 Å². The van der Waals surface area contributed by atoms with Gasteiger partial charge in [-0.3, -0.25) is 9.36 Å². The fourth-order valence-electron chi connectivity index (χ4n) is 3.20. The van der Waals surface area contributed by atoms with E-state index >= 15 is 0 Å². The molecule has 0 saturated carbocycles. The minimum absolute atomic E-state index is 0.0547. The highest BCUT2D eigenvalue weighted by molar-refractivity contribution is 6.32. The zero-order valence-electron chi connectivity index (χ0n) is 13.7. The second-order valence-corrected chi connectivity index (χ2v) is 6.64. The second kappa shape index (κ2) is 6.37. The van der Waals surface area contributed by atoms with Crippen molar-refractivity contribution in [3.63, 3.8) is 0 Å². The molecule has 1 saturated heterocycles. The number of likely N-dealkylation sites (tertiary alicyclic amines) is 1. The van der Waals surface area contributed by atoms with Gasteiger partial charge in [0.05, 0.1) is 22.5 Å². The summed E-state index contributed by atoms with van der Waals surface area (Å²) in [7, 11) is 0. The molecule has 6 nitrogen and oxygen atoms in total. The van der Waals surface area contributed by atoms with Crippen LogP contribution in [-0.2, 0) is 0 Å². The van der Waals surface area contributed by atoms with Crippen molar-refractivity contribution in [3.05, 3.63) is 47.4 Å². The molecule has 0 unspecified atom stereocenters. The number of carbonyl (C=O) groups excluding carboxylic acids is 1. The molecule has 0 atom stereocenters. The molecule has 4 rings (SSSR count). The summed E-state index contributed by atoms with van der Waals surface area (Å²) in [4.78, 5) is 23.1. The Bertz CT molecular complexity index is 946. The highest BCUT2D eigenvalue weighted by Gasteiger charge is 2.19. The average molecular weight is 356 g/mol. The molecule has 1 amide bonds. The van der Waals surface area contributed by atoms with Crippen molar-refractivity contribution in [2.45, 2.75) is 19.3 Å². The summed E-state index contributed by atoms with van der Waals surface area (Å²) in [6, 6.07) is 5.57. The molecule has 3 aromatic heterocycles. The van der Waals surface area contributed by atoms with Crippen LogP contribution >= 0.6 is 11.6 Å². The van der Waals surface area contributed by atoms with Crippen LogP contribution in [0.4, 0.5) is 5.82 Å². The number of amides is 1. The normalized spacial score (nSPS) is 14.8. The van der Waals surface area contributed by atoms with Crippen LogP contribution in [0, 0.1) is 0 Å². The van der Waals surface area contributed by atoms with Crippen LogP contribution in [0.3, 0.4) is 0 Å². The van der Waals surface area contributed by atoms with Crippen LogP contribution in [0.2, 0.25) is 5.02 Å². The van der Waals surface area contributed by atoms with E-state index in [-0.39, 0.29) is 5.91 Å². The number of aromatic nitrogens is 3. The Kier molecular flexibility index (Phi) is 4.05. The van der Waals surface area contributed by atoms with E-state index in [2.05, 4.69) is 9.97 Å². The molecule has 0 aromatic carbocycles. The topological polar surface area (TPSA) is 77.0 Å². The number of halogens is 1. The predicted molar refractivity (Wildman–Crippen MR) is 98.0 cm³/mol. The summed E-state index contributed by atoms with van der Waals surface area (Å²) in [6.45, 7) is 1.65. The first kappa shape index (κ1) is 15.9. The third-order valence-corrected chi connectivity index (χ3v) is 4.85. The van der Waals surface area contributed by atoms with Gasteiger partial charge in [0.15, 0.2) is 0 Å². The summed E-state index contributed by atoms with van der Waals surface area (Å²) in [5.41, 5.74) is 7.82. The van der Waals surface area contributed by atoms with Crippen LogP contribution in [0.15, 0.2) is 36.8 Å². The maximum absolute atomic E-state index is 12.6. The molecule has 7 heteroatoms. The molecule has 1 aliphatic heterocycles. The van der Waals surface area contributed by atoms with Gasteiger partial charge in [0.2, 0.25) is 0 Å².